The van der Waals surface area contributed by atoms with Gasteiger partial charge in [-0.3, -0.25) is 9.48 Å². The molecule has 1 aromatic rings. The van der Waals surface area contributed by atoms with Crippen LogP contribution in [0.25, 0.3) is 0 Å². The van der Waals surface area contributed by atoms with Gasteiger partial charge in [-0.1, -0.05) is 6.92 Å². The summed E-state index contributed by atoms with van der Waals surface area (Å²) in [5.41, 5.74) is 0.500. The minimum Gasteiger partial charge on any atom is -0.466 e. The fourth-order valence-corrected chi connectivity index (χ4v) is 1.61. The fraction of sp³-hybridized carbons (Fsp3) is 0.667. The van der Waals surface area contributed by atoms with Crippen LogP contribution >= 0.6 is 0 Å². The van der Waals surface area contributed by atoms with E-state index in [9.17, 15) is 15.0 Å². The number of carbonyl (C=O) groups is 1. The van der Waals surface area contributed by atoms with Gasteiger partial charge in [-0.05, 0) is 13.3 Å². The average Bonchev–Trinajstić information content (AvgIpc) is 2.77. The lowest BCUT2D eigenvalue weighted by molar-refractivity contribution is -0.147. The highest BCUT2D eigenvalue weighted by Crippen LogP contribution is 2.18. The molecule has 6 nitrogen and oxygen atoms in total. The van der Waals surface area contributed by atoms with Crippen molar-refractivity contribution < 1.29 is 19.7 Å². The standard InChI is InChI=1S/C12H20N2O4/c1-3-5-14-8-9(7-13-14)12(17)10(15)6-11(16)18-4-2/h7-8,10,12,15,17H,3-6H2,1-2H3. The van der Waals surface area contributed by atoms with Gasteiger partial charge in [0.2, 0.25) is 0 Å². The van der Waals surface area contributed by atoms with Crippen LogP contribution in [-0.2, 0) is 16.1 Å². The Hall–Kier alpha value is -1.40. The van der Waals surface area contributed by atoms with Crippen molar-refractivity contribution in [2.45, 2.75) is 45.4 Å². The average molecular weight is 256 g/mol. The molecule has 0 radical (unpaired) electrons. The van der Waals surface area contributed by atoms with Crippen LogP contribution in [0.2, 0.25) is 0 Å². The Bertz CT molecular complexity index is 378. The molecule has 0 aromatic carbocycles. The van der Waals surface area contributed by atoms with Crippen LogP contribution in [0.15, 0.2) is 12.4 Å². The molecule has 2 N–H and O–H groups in total. The number of carbonyl (C=O) groups excluding carboxylic acids is 1. The molecule has 0 saturated carbocycles. The Morgan fingerprint density at radius 3 is 2.83 bits per heavy atom. The maximum Gasteiger partial charge on any atom is 0.308 e. The number of aromatic nitrogens is 2. The van der Waals surface area contributed by atoms with Crippen LogP contribution < -0.4 is 0 Å². The summed E-state index contributed by atoms with van der Waals surface area (Å²) in [5.74, 6) is -0.523. The van der Waals surface area contributed by atoms with Crippen molar-refractivity contribution >= 4 is 5.97 Å². The van der Waals surface area contributed by atoms with Crippen LogP contribution in [0.1, 0.15) is 38.4 Å². The van der Waals surface area contributed by atoms with Crippen molar-refractivity contribution in [3.8, 4) is 0 Å². The molecule has 102 valence electrons. The SMILES string of the molecule is CCCn1cc(C(O)C(O)CC(=O)OCC)cn1. The Labute approximate surface area is 106 Å². The van der Waals surface area contributed by atoms with Crippen LogP contribution in [0.3, 0.4) is 0 Å². The van der Waals surface area contributed by atoms with Gasteiger partial charge in [0.1, 0.15) is 6.10 Å². The van der Waals surface area contributed by atoms with Gasteiger partial charge in [-0.15, -0.1) is 0 Å². The molecular weight excluding hydrogens is 236 g/mol. The molecule has 0 fully saturated rings. The van der Waals surface area contributed by atoms with E-state index in [0.29, 0.717) is 5.56 Å². The van der Waals surface area contributed by atoms with Gasteiger partial charge in [-0.25, -0.2) is 0 Å². The lowest BCUT2D eigenvalue weighted by atomic mass is 10.1. The summed E-state index contributed by atoms with van der Waals surface area (Å²) < 4.78 is 6.40. The number of hydrogen-bond donors (Lipinski definition) is 2. The lowest BCUT2D eigenvalue weighted by Gasteiger charge is -2.15. The van der Waals surface area contributed by atoms with E-state index in [-0.39, 0.29) is 13.0 Å². The minimum absolute atomic E-state index is 0.228. The Morgan fingerprint density at radius 1 is 1.50 bits per heavy atom. The molecule has 0 amide bonds. The van der Waals surface area contributed by atoms with Crippen LogP contribution in [-0.4, -0.2) is 38.7 Å². The van der Waals surface area contributed by atoms with Crippen molar-refractivity contribution in [1.82, 2.24) is 9.78 Å². The predicted octanol–water partition coefficient (Wildman–Crippen LogP) is 0.641. The smallest absolute Gasteiger partial charge is 0.308 e. The third kappa shape index (κ3) is 4.12. The first-order valence-corrected chi connectivity index (χ1v) is 6.12. The van der Waals surface area contributed by atoms with E-state index in [2.05, 4.69) is 5.10 Å². The summed E-state index contributed by atoms with van der Waals surface area (Å²) in [5, 5.41) is 23.7. The Kier molecular flexibility index (Phi) is 5.80. The number of rotatable bonds is 7. The molecule has 0 bridgehead atoms. The molecule has 2 atom stereocenters. The van der Waals surface area contributed by atoms with E-state index < -0.39 is 18.2 Å². The second-order valence-corrected chi connectivity index (χ2v) is 4.06. The number of aliphatic hydroxyl groups is 2. The minimum atomic E-state index is -1.18. The van der Waals surface area contributed by atoms with E-state index in [0.717, 1.165) is 13.0 Å². The maximum absolute atomic E-state index is 11.2. The normalized spacial score (nSPS) is 14.2. The largest absolute Gasteiger partial charge is 0.466 e. The van der Waals surface area contributed by atoms with Crippen molar-refractivity contribution in [3.05, 3.63) is 18.0 Å². The maximum atomic E-state index is 11.2. The molecule has 0 aliphatic rings. The number of aliphatic hydroxyl groups excluding tert-OH is 2. The lowest BCUT2D eigenvalue weighted by Crippen LogP contribution is -2.22. The quantitative estimate of drug-likeness (QED) is 0.699. The fourth-order valence-electron chi connectivity index (χ4n) is 1.61. The van der Waals surface area contributed by atoms with Gasteiger partial charge < -0.3 is 14.9 Å². The molecule has 18 heavy (non-hydrogen) atoms. The van der Waals surface area contributed by atoms with Crippen molar-refractivity contribution in [2.75, 3.05) is 6.61 Å². The number of aryl methyl sites for hydroxylation is 1. The molecule has 1 rings (SSSR count). The highest BCUT2D eigenvalue weighted by atomic mass is 16.5. The molecule has 1 heterocycles. The molecule has 1 aromatic heterocycles. The number of nitrogens with zero attached hydrogens (tertiary/aromatic N) is 2. The molecule has 2 unspecified atom stereocenters. The van der Waals surface area contributed by atoms with E-state index in [1.54, 1.807) is 17.8 Å². The molecular formula is C12H20N2O4. The second-order valence-electron chi connectivity index (χ2n) is 4.06. The first kappa shape index (κ1) is 14.7. The first-order valence-electron chi connectivity index (χ1n) is 6.12. The highest BCUT2D eigenvalue weighted by molar-refractivity contribution is 5.70. The van der Waals surface area contributed by atoms with Crippen LogP contribution in [0.5, 0.6) is 0 Å². The van der Waals surface area contributed by atoms with E-state index in [1.165, 1.54) is 6.20 Å². The number of ether oxygens (including phenoxy) is 1. The van der Waals surface area contributed by atoms with Crippen LogP contribution in [0.4, 0.5) is 0 Å². The zero-order valence-corrected chi connectivity index (χ0v) is 10.7. The summed E-state index contributed by atoms with van der Waals surface area (Å²) in [7, 11) is 0. The monoisotopic (exact) mass is 256 g/mol. The first-order chi connectivity index (χ1) is 8.58. The summed E-state index contributed by atoms with van der Waals surface area (Å²) in [6.07, 6.45) is 1.57. The zero-order chi connectivity index (χ0) is 13.5. The molecule has 0 aliphatic heterocycles. The van der Waals surface area contributed by atoms with Gasteiger partial charge in [-0.2, -0.15) is 5.10 Å². The third-order valence-corrected chi connectivity index (χ3v) is 2.49. The van der Waals surface area contributed by atoms with Crippen molar-refractivity contribution in [3.63, 3.8) is 0 Å². The van der Waals surface area contributed by atoms with Gasteiger partial charge >= 0.3 is 5.97 Å². The molecule has 0 aliphatic carbocycles. The number of hydrogen-bond acceptors (Lipinski definition) is 5. The molecule has 0 saturated heterocycles. The summed E-state index contributed by atoms with van der Waals surface area (Å²) >= 11 is 0. The topological polar surface area (TPSA) is 84.6 Å². The van der Waals surface area contributed by atoms with Crippen molar-refractivity contribution in [2.24, 2.45) is 0 Å². The number of esters is 1. The van der Waals surface area contributed by atoms with Gasteiger partial charge in [0.05, 0.1) is 25.3 Å². The predicted molar refractivity (Wildman–Crippen MR) is 64.7 cm³/mol. The van der Waals surface area contributed by atoms with E-state index in [1.807, 2.05) is 6.92 Å². The highest BCUT2D eigenvalue weighted by Gasteiger charge is 2.23. The molecule has 0 spiro atoms. The Morgan fingerprint density at radius 2 is 2.22 bits per heavy atom. The van der Waals surface area contributed by atoms with Crippen molar-refractivity contribution in [1.29, 1.82) is 0 Å². The summed E-state index contributed by atoms with van der Waals surface area (Å²) in [4.78, 5) is 11.2. The molecule has 6 heteroatoms. The van der Waals surface area contributed by atoms with Crippen LogP contribution in [0, 0.1) is 0 Å². The van der Waals surface area contributed by atoms with Gasteiger partial charge in [0.15, 0.2) is 0 Å². The zero-order valence-electron chi connectivity index (χ0n) is 10.7. The van der Waals surface area contributed by atoms with Gasteiger partial charge in [0.25, 0.3) is 0 Å². The Balaban J connectivity index is 2.56. The summed E-state index contributed by atoms with van der Waals surface area (Å²) in [6, 6.07) is 0. The third-order valence-electron chi connectivity index (χ3n) is 2.49. The summed E-state index contributed by atoms with van der Waals surface area (Å²) in [6.45, 7) is 4.72. The van der Waals surface area contributed by atoms with E-state index in [4.69, 9.17) is 4.74 Å². The van der Waals surface area contributed by atoms with Gasteiger partial charge in [0, 0.05) is 18.3 Å². The second kappa shape index (κ2) is 7.13. The van der Waals surface area contributed by atoms with E-state index >= 15 is 0 Å².